The van der Waals surface area contributed by atoms with E-state index in [1.165, 1.54) is 12.1 Å². The number of alkyl halides is 1. The number of aromatic carboxylic acids is 1. The van der Waals surface area contributed by atoms with Crippen molar-refractivity contribution in [1.29, 1.82) is 0 Å². The number of halogens is 2. The summed E-state index contributed by atoms with van der Waals surface area (Å²) in [6.45, 7) is 2.04. The number of Topliss-reactive ketones (excluding diaryl/α,β-unsaturated/α-hetero) is 1. The van der Waals surface area contributed by atoms with Crippen molar-refractivity contribution in [2.75, 3.05) is 19.6 Å². The molecular formula is C25H24F2N2O3. The van der Waals surface area contributed by atoms with Crippen molar-refractivity contribution in [2.45, 2.75) is 32.0 Å². The molecule has 0 saturated carbocycles. The van der Waals surface area contributed by atoms with Crippen molar-refractivity contribution in [3.8, 4) is 0 Å². The Hall–Kier alpha value is -3.06. The molecule has 7 heteroatoms. The van der Waals surface area contributed by atoms with Gasteiger partial charge >= 0.3 is 5.97 Å². The summed E-state index contributed by atoms with van der Waals surface area (Å²) in [5, 5.41) is 9.74. The van der Waals surface area contributed by atoms with Crippen LogP contribution in [-0.4, -0.2) is 52.1 Å². The van der Waals surface area contributed by atoms with E-state index in [2.05, 4.69) is 0 Å². The Labute approximate surface area is 184 Å². The fourth-order valence-corrected chi connectivity index (χ4v) is 5.11. The van der Waals surface area contributed by atoms with Gasteiger partial charge in [0.25, 0.3) is 0 Å². The number of carbonyl (C=O) groups excluding carboxylic acids is 1. The third kappa shape index (κ3) is 3.71. The van der Waals surface area contributed by atoms with Gasteiger partial charge in [0, 0.05) is 54.3 Å². The van der Waals surface area contributed by atoms with Crippen LogP contribution in [0.1, 0.15) is 44.8 Å². The molecule has 2 unspecified atom stereocenters. The zero-order valence-corrected chi connectivity index (χ0v) is 17.6. The van der Waals surface area contributed by atoms with Crippen LogP contribution in [0.4, 0.5) is 8.78 Å². The van der Waals surface area contributed by atoms with Crippen molar-refractivity contribution in [3.05, 3.63) is 70.7 Å². The van der Waals surface area contributed by atoms with Crippen molar-refractivity contribution in [2.24, 2.45) is 5.92 Å². The van der Waals surface area contributed by atoms with E-state index >= 15 is 0 Å². The van der Waals surface area contributed by atoms with Gasteiger partial charge in [-0.25, -0.2) is 13.6 Å². The standard InChI is InChI=1S/C25H24F2N2O3/c26-18-6-8-21-20(11-18)23-22(29(21)12-15-1-3-16(4-2-15)25(31)32)7-5-17(24(23)30)13-28-10-9-19(27)14-28/h1-4,6,8,11,17,19H,5,7,9-10,12-14H2,(H,31,32). The van der Waals surface area contributed by atoms with Crippen LogP contribution in [0.2, 0.25) is 0 Å². The lowest BCUT2D eigenvalue weighted by molar-refractivity contribution is 0.0696. The Balaban J connectivity index is 1.50. The highest BCUT2D eigenvalue weighted by molar-refractivity contribution is 6.11. The highest BCUT2D eigenvalue weighted by Gasteiger charge is 2.35. The van der Waals surface area contributed by atoms with Gasteiger partial charge in [-0.15, -0.1) is 0 Å². The molecule has 1 N–H and O–H groups in total. The fourth-order valence-electron chi connectivity index (χ4n) is 5.11. The van der Waals surface area contributed by atoms with Crippen LogP contribution in [0.3, 0.4) is 0 Å². The van der Waals surface area contributed by atoms with Gasteiger partial charge in [0.2, 0.25) is 0 Å². The van der Waals surface area contributed by atoms with E-state index in [1.54, 1.807) is 30.3 Å². The minimum atomic E-state index is -0.982. The number of aromatic nitrogens is 1. The number of hydrogen-bond acceptors (Lipinski definition) is 3. The molecule has 0 amide bonds. The lowest BCUT2D eigenvalue weighted by atomic mass is 9.84. The Bertz CT molecular complexity index is 1200. The first-order valence-electron chi connectivity index (χ1n) is 10.9. The van der Waals surface area contributed by atoms with Crippen LogP contribution in [0.15, 0.2) is 42.5 Å². The maximum atomic E-state index is 14.1. The van der Waals surface area contributed by atoms with Gasteiger partial charge in [-0.05, 0) is 55.2 Å². The second kappa shape index (κ2) is 8.13. The third-order valence-electron chi connectivity index (χ3n) is 6.71. The largest absolute Gasteiger partial charge is 0.478 e. The lowest BCUT2D eigenvalue weighted by Gasteiger charge is -2.26. The average molecular weight is 438 g/mol. The molecule has 1 aliphatic carbocycles. The fraction of sp³-hybridized carbons (Fsp3) is 0.360. The first-order valence-corrected chi connectivity index (χ1v) is 10.9. The number of ketones is 1. The number of hydrogen-bond donors (Lipinski definition) is 1. The van der Waals surface area contributed by atoms with Crippen molar-refractivity contribution in [1.82, 2.24) is 9.47 Å². The predicted molar refractivity (Wildman–Crippen MR) is 116 cm³/mol. The van der Waals surface area contributed by atoms with Gasteiger partial charge in [-0.2, -0.15) is 0 Å². The van der Waals surface area contributed by atoms with Crippen LogP contribution in [0.5, 0.6) is 0 Å². The predicted octanol–water partition coefficient (Wildman–Crippen LogP) is 4.32. The molecule has 2 aromatic carbocycles. The van der Waals surface area contributed by atoms with Crippen molar-refractivity contribution >= 4 is 22.7 Å². The third-order valence-corrected chi connectivity index (χ3v) is 6.71. The topological polar surface area (TPSA) is 62.5 Å². The second-order valence-electron chi connectivity index (χ2n) is 8.82. The monoisotopic (exact) mass is 438 g/mol. The van der Waals surface area contributed by atoms with Gasteiger partial charge in [0.1, 0.15) is 12.0 Å². The average Bonchev–Trinajstić information content (AvgIpc) is 3.31. The number of rotatable bonds is 5. The van der Waals surface area contributed by atoms with Gasteiger partial charge in [-0.3, -0.25) is 9.69 Å². The smallest absolute Gasteiger partial charge is 0.335 e. The summed E-state index contributed by atoms with van der Waals surface area (Å²) >= 11 is 0. The van der Waals surface area contributed by atoms with E-state index in [1.807, 2.05) is 9.47 Å². The summed E-state index contributed by atoms with van der Waals surface area (Å²) in [5.41, 5.74) is 3.37. The number of benzene rings is 2. The molecule has 0 bridgehead atoms. The Morgan fingerprint density at radius 2 is 1.91 bits per heavy atom. The summed E-state index contributed by atoms with van der Waals surface area (Å²) in [7, 11) is 0. The number of carbonyl (C=O) groups is 2. The minimum absolute atomic E-state index is 0.00383. The molecule has 1 aromatic heterocycles. The van der Waals surface area contributed by atoms with E-state index in [0.717, 1.165) is 16.8 Å². The Morgan fingerprint density at radius 1 is 1.12 bits per heavy atom. The summed E-state index contributed by atoms with van der Waals surface area (Å²) in [6.07, 6.45) is 1.04. The quantitative estimate of drug-likeness (QED) is 0.645. The first kappa shape index (κ1) is 20.8. The zero-order chi connectivity index (χ0) is 22.4. The molecule has 1 fully saturated rings. The van der Waals surface area contributed by atoms with Crippen molar-refractivity contribution in [3.63, 3.8) is 0 Å². The van der Waals surface area contributed by atoms with E-state index in [-0.39, 0.29) is 17.3 Å². The maximum Gasteiger partial charge on any atom is 0.335 e. The number of likely N-dealkylation sites (tertiary alicyclic amines) is 1. The molecular weight excluding hydrogens is 414 g/mol. The van der Waals surface area contributed by atoms with Crippen molar-refractivity contribution < 1.29 is 23.5 Å². The molecule has 2 aliphatic rings. The molecule has 5 nitrogen and oxygen atoms in total. The highest BCUT2D eigenvalue weighted by atomic mass is 19.1. The molecule has 1 saturated heterocycles. The van der Waals surface area contributed by atoms with Crippen LogP contribution in [0, 0.1) is 11.7 Å². The molecule has 1 aliphatic heterocycles. The van der Waals surface area contributed by atoms with E-state index in [4.69, 9.17) is 5.11 Å². The highest BCUT2D eigenvalue weighted by Crippen LogP contribution is 2.36. The normalized spacial score (nSPS) is 21.2. The molecule has 166 valence electrons. The first-order chi connectivity index (χ1) is 15.4. The minimum Gasteiger partial charge on any atom is -0.478 e. The van der Waals surface area contributed by atoms with E-state index in [0.29, 0.717) is 56.4 Å². The zero-order valence-electron chi connectivity index (χ0n) is 17.6. The van der Waals surface area contributed by atoms with Gasteiger partial charge in [0.05, 0.1) is 5.56 Å². The van der Waals surface area contributed by atoms with Crippen LogP contribution in [0.25, 0.3) is 10.9 Å². The van der Waals surface area contributed by atoms with E-state index < -0.39 is 18.0 Å². The second-order valence-corrected chi connectivity index (χ2v) is 8.82. The Morgan fingerprint density at radius 3 is 2.59 bits per heavy atom. The molecule has 0 spiro atoms. The molecule has 32 heavy (non-hydrogen) atoms. The summed E-state index contributed by atoms with van der Waals surface area (Å²) in [5.74, 6) is -1.59. The SMILES string of the molecule is O=C(O)c1ccc(Cn2c3c(c4cc(F)ccc42)C(=O)C(CN2CCC(F)C2)CC3)cc1. The molecule has 5 rings (SSSR count). The van der Waals surface area contributed by atoms with Gasteiger partial charge in [0.15, 0.2) is 5.78 Å². The number of fused-ring (bicyclic) bond motifs is 3. The molecule has 2 atom stereocenters. The van der Waals surface area contributed by atoms with E-state index in [9.17, 15) is 18.4 Å². The summed E-state index contributed by atoms with van der Waals surface area (Å²) in [6, 6.07) is 11.2. The van der Waals surface area contributed by atoms with Gasteiger partial charge < -0.3 is 9.67 Å². The number of nitrogens with zero attached hydrogens (tertiary/aromatic N) is 2. The summed E-state index contributed by atoms with van der Waals surface area (Å²) in [4.78, 5) is 26.6. The number of carboxylic acids is 1. The van der Waals surface area contributed by atoms with Gasteiger partial charge in [-0.1, -0.05) is 12.1 Å². The maximum absolute atomic E-state index is 14.1. The van der Waals surface area contributed by atoms with Crippen LogP contribution >= 0.6 is 0 Å². The molecule has 0 radical (unpaired) electrons. The van der Waals surface area contributed by atoms with Crippen LogP contribution in [-0.2, 0) is 13.0 Å². The van der Waals surface area contributed by atoms with Crippen LogP contribution < -0.4 is 0 Å². The summed E-state index contributed by atoms with van der Waals surface area (Å²) < 4.78 is 29.8. The molecule has 3 aromatic rings. The Kier molecular flexibility index (Phi) is 5.29. The lowest BCUT2D eigenvalue weighted by Crippen LogP contribution is -2.35. The molecule has 2 heterocycles. The number of carboxylic acid groups (broad SMARTS) is 1.